The summed E-state index contributed by atoms with van der Waals surface area (Å²) in [6.07, 6.45) is 0.781. The van der Waals surface area contributed by atoms with Gasteiger partial charge in [-0.2, -0.15) is 0 Å². The summed E-state index contributed by atoms with van der Waals surface area (Å²) in [4.78, 5) is 24.8. The van der Waals surface area contributed by atoms with Gasteiger partial charge in [0.25, 0.3) is 0 Å². The number of rotatable bonds is 6. The first-order valence-electron chi connectivity index (χ1n) is 7.92. The molecule has 24 heavy (non-hydrogen) atoms. The van der Waals surface area contributed by atoms with Gasteiger partial charge in [-0.25, -0.2) is 9.59 Å². The van der Waals surface area contributed by atoms with Crippen molar-refractivity contribution in [1.82, 2.24) is 4.90 Å². The normalized spacial score (nSPS) is 18.9. The molecule has 124 valence electrons. The van der Waals surface area contributed by atoms with Gasteiger partial charge >= 0.3 is 12.1 Å². The van der Waals surface area contributed by atoms with Crippen LogP contribution < -0.4 is 0 Å². The molecule has 0 unspecified atom stereocenters. The lowest BCUT2D eigenvalue weighted by Gasteiger charge is -2.07. The fourth-order valence-electron chi connectivity index (χ4n) is 2.86. The largest absolute Gasteiger partial charge is 0.480 e. The van der Waals surface area contributed by atoms with E-state index in [0.29, 0.717) is 6.42 Å². The predicted octanol–water partition coefficient (Wildman–Crippen LogP) is 3.09. The van der Waals surface area contributed by atoms with E-state index in [-0.39, 0.29) is 12.6 Å². The Balaban J connectivity index is 1.55. The molecule has 0 aliphatic carbocycles. The number of carbonyl (C=O) groups is 2. The summed E-state index contributed by atoms with van der Waals surface area (Å²) in [5.74, 6) is -0.982. The Bertz CT molecular complexity index is 702. The summed E-state index contributed by atoms with van der Waals surface area (Å²) in [5, 5.41) is 9.28. The summed E-state index contributed by atoms with van der Waals surface area (Å²) in [7, 11) is 0. The molecule has 1 fully saturated rings. The smallest absolute Gasteiger partial charge is 0.411 e. The maximum absolute atomic E-state index is 12.2. The minimum Gasteiger partial charge on any atom is -0.480 e. The zero-order chi connectivity index (χ0) is 16.9. The first-order valence-corrected chi connectivity index (χ1v) is 7.92. The molecule has 0 aromatic heterocycles. The van der Waals surface area contributed by atoms with E-state index in [9.17, 15) is 14.7 Å². The van der Waals surface area contributed by atoms with Crippen molar-refractivity contribution in [1.29, 1.82) is 0 Å². The Kier molecular flexibility index (Phi) is 4.79. The number of amides is 1. The molecule has 3 rings (SSSR count). The minimum absolute atomic E-state index is 0.147. The van der Waals surface area contributed by atoms with Crippen LogP contribution in [0.15, 0.2) is 60.7 Å². The average molecular weight is 325 g/mol. The summed E-state index contributed by atoms with van der Waals surface area (Å²) >= 11 is 0. The standard InChI is InChI=1S/C19H19NO4/c21-18(22)17-16(12-11-14-7-3-1-4-8-14)20(17)19(23)24-13-15-9-5-2-6-10-15/h1-10,16-17H,11-13H2,(H,21,22)/t16-,17+,20?/m0/s1. The van der Waals surface area contributed by atoms with Crippen LogP contribution in [0.4, 0.5) is 4.79 Å². The van der Waals surface area contributed by atoms with Crippen LogP contribution in [0.5, 0.6) is 0 Å². The zero-order valence-corrected chi connectivity index (χ0v) is 13.2. The molecule has 1 aliphatic heterocycles. The van der Waals surface area contributed by atoms with E-state index in [2.05, 4.69) is 0 Å². The summed E-state index contributed by atoms with van der Waals surface area (Å²) in [5.41, 5.74) is 2.01. The molecule has 1 saturated heterocycles. The Morgan fingerprint density at radius 1 is 0.958 bits per heavy atom. The van der Waals surface area contributed by atoms with Crippen molar-refractivity contribution in [2.75, 3.05) is 0 Å². The number of ether oxygens (including phenoxy) is 1. The average Bonchev–Trinajstić information content (AvgIpc) is 3.34. The lowest BCUT2D eigenvalue weighted by atomic mass is 10.1. The molecule has 2 aromatic carbocycles. The van der Waals surface area contributed by atoms with Crippen molar-refractivity contribution in [3.05, 3.63) is 71.8 Å². The van der Waals surface area contributed by atoms with E-state index in [1.54, 1.807) is 0 Å². The minimum atomic E-state index is -0.982. The number of aryl methyl sites for hydroxylation is 1. The zero-order valence-electron chi connectivity index (χ0n) is 13.2. The SMILES string of the molecule is O=C(O)[C@H]1[C@H](CCc2ccccc2)N1C(=O)OCc1ccccc1. The Morgan fingerprint density at radius 2 is 1.54 bits per heavy atom. The van der Waals surface area contributed by atoms with Gasteiger partial charge in [0, 0.05) is 0 Å². The third kappa shape index (κ3) is 3.74. The lowest BCUT2D eigenvalue weighted by molar-refractivity contribution is -0.137. The van der Waals surface area contributed by atoms with Crippen LogP contribution in [0.25, 0.3) is 0 Å². The highest BCUT2D eigenvalue weighted by molar-refractivity contribution is 5.87. The van der Waals surface area contributed by atoms with Crippen molar-refractivity contribution >= 4 is 12.1 Å². The highest BCUT2D eigenvalue weighted by Crippen LogP contribution is 2.33. The van der Waals surface area contributed by atoms with Crippen LogP contribution in [0.2, 0.25) is 0 Å². The number of carboxylic acids is 1. The molecule has 5 heteroatoms. The van der Waals surface area contributed by atoms with E-state index in [1.165, 1.54) is 4.90 Å². The third-order valence-electron chi connectivity index (χ3n) is 4.17. The highest BCUT2D eigenvalue weighted by atomic mass is 16.6. The molecular weight excluding hydrogens is 306 g/mol. The van der Waals surface area contributed by atoms with Gasteiger partial charge < -0.3 is 9.84 Å². The van der Waals surface area contributed by atoms with Crippen LogP contribution in [-0.2, 0) is 22.6 Å². The maximum atomic E-state index is 12.2. The monoisotopic (exact) mass is 325 g/mol. The Hall–Kier alpha value is -2.82. The van der Waals surface area contributed by atoms with Gasteiger partial charge in [0.15, 0.2) is 6.04 Å². The second kappa shape index (κ2) is 7.17. The van der Waals surface area contributed by atoms with Gasteiger partial charge in [-0.1, -0.05) is 60.7 Å². The molecule has 5 nitrogen and oxygen atoms in total. The van der Waals surface area contributed by atoms with E-state index >= 15 is 0 Å². The summed E-state index contributed by atoms with van der Waals surface area (Å²) < 4.78 is 5.24. The number of aliphatic carboxylic acids is 1. The van der Waals surface area contributed by atoms with E-state index < -0.39 is 18.1 Å². The fourth-order valence-corrected chi connectivity index (χ4v) is 2.86. The molecular formula is C19H19NO4. The molecule has 0 spiro atoms. The van der Waals surface area contributed by atoms with E-state index in [0.717, 1.165) is 17.5 Å². The van der Waals surface area contributed by atoms with Crippen molar-refractivity contribution < 1.29 is 19.4 Å². The highest BCUT2D eigenvalue weighted by Gasteiger charge is 2.56. The van der Waals surface area contributed by atoms with Gasteiger partial charge in [0.2, 0.25) is 0 Å². The predicted molar refractivity (Wildman–Crippen MR) is 88.4 cm³/mol. The van der Waals surface area contributed by atoms with Gasteiger partial charge in [0.1, 0.15) is 6.61 Å². The number of benzene rings is 2. The summed E-state index contributed by atoms with van der Waals surface area (Å²) in [6, 6.07) is 18.1. The molecule has 0 bridgehead atoms. The molecule has 1 heterocycles. The van der Waals surface area contributed by atoms with Crippen molar-refractivity contribution in [2.45, 2.75) is 31.5 Å². The molecule has 1 amide bonds. The topological polar surface area (TPSA) is 66.6 Å². The van der Waals surface area contributed by atoms with Gasteiger partial charge in [-0.3, -0.25) is 4.90 Å². The van der Waals surface area contributed by atoms with Gasteiger partial charge in [-0.15, -0.1) is 0 Å². The second-order valence-corrected chi connectivity index (χ2v) is 5.82. The lowest BCUT2D eigenvalue weighted by Crippen LogP contribution is -2.19. The number of nitrogens with zero attached hydrogens (tertiary/aromatic N) is 1. The van der Waals surface area contributed by atoms with Crippen LogP contribution in [-0.4, -0.2) is 34.2 Å². The van der Waals surface area contributed by atoms with Gasteiger partial charge in [0.05, 0.1) is 6.04 Å². The van der Waals surface area contributed by atoms with Crippen LogP contribution in [0.3, 0.4) is 0 Å². The first kappa shape index (κ1) is 16.1. The van der Waals surface area contributed by atoms with Crippen LogP contribution in [0.1, 0.15) is 17.5 Å². The number of carbonyl (C=O) groups excluding carboxylic acids is 1. The number of hydrogen-bond donors (Lipinski definition) is 1. The van der Waals surface area contributed by atoms with Crippen LogP contribution in [0, 0.1) is 0 Å². The number of hydrogen-bond acceptors (Lipinski definition) is 3. The first-order chi connectivity index (χ1) is 11.7. The molecule has 1 aliphatic rings. The molecule has 0 saturated carbocycles. The molecule has 1 N–H and O–H groups in total. The fraction of sp³-hybridized carbons (Fsp3) is 0.263. The number of carboxylic acid groups (broad SMARTS) is 1. The second-order valence-electron chi connectivity index (χ2n) is 5.82. The van der Waals surface area contributed by atoms with Crippen molar-refractivity contribution in [3.8, 4) is 0 Å². The van der Waals surface area contributed by atoms with E-state index in [4.69, 9.17) is 4.74 Å². The Labute approximate surface area is 140 Å². The molecule has 2 atom stereocenters. The molecule has 0 radical (unpaired) electrons. The van der Waals surface area contributed by atoms with Crippen LogP contribution >= 0.6 is 0 Å². The quantitative estimate of drug-likeness (QED) is 0.829. The van der Waals surface area contributed by atoms with Crippen molar-refractivity contribution in [3.63, 3.8) is 0 Å². The van der Waals surface area contributed by atoms with Crippen molar-refractivity contribution in [2.24, 2.45) is 0 Å². The maximum Gasteiger partial charge on any atom is 0.411 e. The third-order valence-corrected chi connectivity index (χ3v) is 4.17. The Morgan fingerprint density at radius 3 is 2.12 bits per heavy atom. The van der Waals surface area contributed by atoms with Gasteiger partial charge in [-0.05, 0) is 24.0 Å². The van der Waals surface area contributed by atoms with E-state index in [1.807, 2.05) is 60.7 Å². The molecule has 2 aromatic rings. The summed E-state index contributed by atoms with van der Waals surface area (Å²) in [6.45, 7) is 0.147.